The summed E-state index contributed by atoms with van der Waals surface area (Å²) in [7, 11) is 0. The van der Waals surface area contributed by atoms with Crippen LogP contribution in [0.1, 0.15) is 22.2 Å². The average Bonchev–Trinajstić information content (AvgIpc) is 3.05. The first kappa shape index (κ1) is 15.0. The third kappa shape index (κ3) is 4.03. The predicted octanol–water partition coefficient (Wildman–Crippen LogP) is 3.47. The first-order valence-corrected chi connectivity index (χ1v) is 7.31. The molecule has 0 radical (unpaired) electrons. The van der Waals surface area contributed by atoms with Gasteiger partial charge in [0.25, 0.3) is 5.91 Å². The zero-order valence-electron chi connectivity index (χ0n) is 11.7. The van der Waals surface area contributed by atoms with Crippen LogP contribution in [-0.2, 0) is 0 Å². The molecule has 1 N–H and O–H groups in total. The molecule has 0 unspecified atom stereocenters. The number of nitrogens with one attached hydrogen (secondary N) is 1. The average molecular weight is 300 g/mol. The number of para-hydroxylation sites is 1. The Bertz CT molecular complexity index is 648. The molecule has 1 aromatic heterocycles. The SMILES string of the molecule is C=CCOc1ccccc1C(=O)NN=C(C)c1cccs1. The molecule has 108 valence electrons. The molecule has 0 bridgehead atoms. The van der Waals surface area contributed by atoms with E-state index >= 15 is 0 Å². The minimum Gasteiger partial charge on any atom is -0.489 e. The smallest absolute Gasteiger partial charge is 0.275 e. The number of nitrogens with zero attached hydrogens (tertiary/aromatic N) is 1. The van der Waals surface area contributed by atoms with Gasteiger partial charge in [0, 0.05) is 4.88 Å². The Balaban J connectivity index is 2.10. The largest absolute Gasteiger partial charge is 0.489 e. The van der Waals surface area contributed by atoms with E-state index in [2.05, 4.69) is 17.1 Å². The predicted molar refractivity (Wildman–Crippen MR) is 86.1 cm³/mol. The van der Waals surface area contributed by atoms with Crippen molar-refractivity contribution in [1.29, 1.82) is 0 Å². The van der Waals surface area contributed by atoms with Crippen LogP contribution in [0.5, 0.6) is 5.75 Å². The normalized spacial score (nSPS) is 11.0. The van der Waals surface area contributed by atoms with E-state index in [1.807, 2.05) is 30.5 Å². The Morgan fingerprint density at radius 3 is 2.90 bits per heavy atom. The van der Waals surface area contributed by atoms with Crippen molar-refractivity contribution >= 4 is 23.0 Å². The topological polar surface area (TPSA) is 50.7 Å². The molecule has 0 saturated heterocycles. The van der Waals surface area contributed by atoms with Crippen molar-refractivity contribution in [3.63, 3.8) is 0 Å². The summed E-state index contributed by atoms with van der Waals surface area (Å²) in [5, 5.41) is 6.08. The summed E-state index contributed by atoms with van der Waals surface area (Å²) >= 11 is 1.57. The lowest BCUT2D eigenvalue weighted by molar-refractivity contribution is 0.0951. The first-order chi connectivity index (χ1) is 10.2. The van der Waals surface area contributed by atoms with E-state index in [4.69, 9.17) is 4.74 Å². The van der Waals surface area contributed by atoms with Gasteiger partial charge in [0.2, 0.25) is 0 Å². The number of carbonyl (C=O) groups is 1. The Morgan fingerprint density at radius 1 is 1.38 bits per heavy atom. The van der Waals surface area contributed by atoms with E-state index in [9.17, 15) is 4.79 Å². The third-order valence-corrected chi connectivity index (χ3v) is 3.67. The van der Waals surface area contributed by atoms with Crippen LogP contribution in [0.25, 0.3) is 0 Å². The number of hydrazone groups is 1. The molecule has 0 aliphatic heterocycles. The molecule has 0 fully saturated rings. The molecule has 21 heavy (non-hydrogen) atoms. The second-order valence-corrected chi connectivity index (χ2v) is 5.16. The molecule has 0 aliphatic rings. The number of amides is 1. The Hall–Kier alpha value is -2.40. The summed E-state index contributed by atoms with van der Waals surface area (Å²) in [6.45, 7) is 5.79. The van der Waals surface area contributed by atoms with E-state index in [0.29, 0.717) is 17.9 Å². The van der Waals surface area contributed by atoms with Crippen LogP contribution in [0.3, 0.4) is 0 Å². The Morgan fingerprint density at radius 2 is 2.19 bits per heavy atom. The van der Waals surface area contributed by atoms with E-state index in [1.165, 1.54) is 0 Å². The minimum atomic E-state index is -0.300. The second kappa shape index (κ2) is 7.40. The molecule has 5 heteroatoms. The Kier molecular flexibility index (Phi) is 5.29. The van der Waals surface area contributed by atoms with Crippen molar-refractivity contribution in [2.75, 3.05) is 6.61 Å². The van der Waals surface area contributed by atoms with Crippen LogP contribution in [0, 0.1) is 0 Å². The van der Waals surface area contributed by atoms with Gasteiger partial charge in [0.05, 0.1) is 11.3 Å². The van der Waals surface area contributed by atoms with Gasteiger partial charge in [-0.2, -0.15) is 5.10 Å². The number of hydrogen-bond acceptors (Lipinski definition) is 4. The highest BCUT2D eigenvalue weighted by atomic mass is 32.1. The number of ether oxygens (including phenoxy) is 1. The monoisotopic (exact) mass is 300 g/mol. The molecule has 4 nitrogen and oxygen atoms in total. The lowest BCUT2D eigenvalue weighted by Gasteiger charge is -2.08. The molecule has 1 heterocycles. The highest BCUT2D eigenvalue weighted by molar-refractivity contribution is 7.12. The fraction of sp³-hybridized carbons (Fsp3) is 0.125. The molecule has 2 aromatic rings. The maximum Gasteiger partial charge on any atom is 0.275 e. The second-order valence-electron chi connectivity index (χ2n) is 4.21. The Labute approximate surface area is 127 Å². The van der Waals surface area contributed by atoms with Crippen LogP contribution >= 0.6 is 11.3 Å². The van der Waals surface area contributed by atoms with Gasteiger partial charge in [-0.3, -0.25) is 4.79 Å². The summed E-state index contributed by atoms with van der Waals surface area (Å²) in [5.41, 5.74) is 3.77. The van der Waals surface area contributed by atoms with E-state index in [1.54, 1.807) is 35.6 Å². The molecule has 2 rings (SSSR count). The van der Waals surface area contributed by atoms with Crippen molar-refractivity contribution in [2.24, 2.45) is 5.10 Å². The number of thiophene rings is 1. The van der Waals surface area contributed by atoms with Gasteiger partial charge in [-0.15, -0.1) is 11.3 Å². The molecule has 0 aliphatic carbocycles. The number of benzene rings is 1. The third-order valence-electron chi connectivity index (χ3n) is 2.69. The van der Waals surface area contributed by atoms with E-state index in [0.717, 1.165) is 10.6 Å². The number of carbonyl (C=O) groups excluding carboxylic acids is 1. The summed E-state index contributed by atoms with van der Waals surface area (Å²) in [6, 6.07) is 10.9. The molecule has 0 atom stereocenters. The molecule has 0 spiro atoms. The lowest BCUT2D eigenvalue weighted by Crippen LogP contribution is -2.20. The molecule has 1 aromatic carbocycles. The fourth-order valence-corrected chi connectivity index (χ4v) is 2.34. The van der Waals surface area contributed by atoms with Crippen molar-refractivity contribution in [3.8, 4) is 5.75 Å². The van der Waals surface area contributed by atoms with Crippen LogP contribution in [0.15, 0.2) is 59.5 Å². The van der Waals surface area contributed by atoms with Gasteiger partial charge in [0.1, 0.15) is 12.4 Å². The highest BCUT2D eigenvalue weighted by Crippen LogP contribution is 2.18. The number of hydrogen-bond donors (Lipinski definition) is 1. The van der Waals surface area contributed by atoms with Crippen molar-refractivity contribution in [3.05, 3.63) is 64.9 Å². The van der Waals surface area contributed by atoms with Gasteiger partial charge in [0.15, 0.2) is 0 Å². The molecular weight excluding hydrogens is 284 g/mol. The standard InChI is InChI=1S/C16H16N2O2S/c1-3-10-20-14-8-5-4-7-13(14)16(19)18-17-12(2)15-9-6-11-21-15/h3-9,11H,1,10H2,2H3,(H,18,19). The molecule has 0 saturated carbocycles. The van der Waals surface area contributed by atoms with Crippen LogP contribution in [-0.4, -0.2) is 18.2 Å². The van der Waals surface area contributed by atoms with Gasteiger partial charge < -0.3 is 4.74 Å². The highest BCUT2D eigenvalue weighted by Gasteiger charge is 2.11. The summed E-state index contributed by atoms with van der Waals surface area (Å²) in [5.74, 6) is 0.212. The maximum absolute atomic E-state index is 12.2. The quantitative estimate of drug-likeness (QED) is 0.504. The van der Waals surface area contributed by atoms with Gasteiger partial charge in [-0.05, 0) is 30.5 Å². The van der Waals surface area contributed by atoms with E-state index in [-0.39, 0.29) is 5.91 Å². The van der Waals surface area contributed by atoms with Gasteiger partial charge in [-0.1, -0.05) is 30.9 Å². The first-order valence-electron chi connectivity index (χ1n) is 6.43. The summed E-state index contributed by atoms with van der Waals surface area (Å²) in [6.07, 6.45) is 1.63. The van der Waals surface area contributed by atoms with Crippen LogP contribution in [0.2, 0.25) is 0 Å². The zero-order chi connectivity index (χ0) is 15.1. The van der Waals surface area contributed by atoms with Crippen molar-refractivity contribution in [1.82, 2.24) is 5.43 Å². The fourth-order valence-electron chi connectivity index (χ4n) is 1.66. The van der Waals surface area contributed by atoms with E-state index < -0.39 is 0 Å². The number of rotatable bonds is 6. The van der Waals surface area contributed by atoms with Gasteiger partial charge in [-0.25, -0.2) is 5.43 Å². The molecule has 1 amide bonds. The lowest BCUT2D eigenvalue weighted by atomic mass is 10.2. The van der Waals surface area contributed by atoms with Crippen LogP contribution in [0.4, 0.5) is 0 Å². The van der Waals surface area contributed by atoms with Crippen molar-refractivity contribution < 1.29 is 9.53 Å². The van der Waals surface area contributed by atoms with Gasteiger partial charge >= 0.3 is 0 Å². The summed E-state index contributed by atoms with van der Waals surface area (Å²) in [4.78, 5) is 13.2. The van der Waals surface area contributed by atoms with Crippen LogP contribution < -0.4 is 10.2 Å². The minimum absolute atomic E-state index is 0.300. The zero-order valence-corrected chi connectivity index (χ0v) is 12.5. The van der Waals surface area contributed by atoms with Crippen molar-refractivity contribution in [2.45, 2.75) is 6.92 Å². The maximum atomic E-state index is 12.2. The summed E-state index contributed by atoms with van der Waals surface area (Å²) < 4.78 is 5.46. The molecular formula is C16H16N2O2S.